The summed E-state index contributed by atoms with van der Waals surface area (Å²) in [6.45, 7) is 0. The van der Waals surface area contributed by atoms with Crippen molar-refractivity contribution in [3.05, 3.63) is 65.5 Å². The highest BCUT2D eigenvalue weighted by Gasteiger charge is 2.21. The van der Waals surface area contributed by atoms with Crippen molar-refractivity contribution in [2.45, 2.75) is 30.5 Å². The lowest BCUT2D eigenvalue weighted by atomic mass is 9.88. The fourth-order valence-corrected chi connectivity index (χ4v) is 3.82. The minimum atomic E-state index is -0.325. The van der Waals surface area contributed by atoms with Crippen molar-refractivity contribution in [1.29, 1.82) is 0 Å². The maximum atomic E-state index is 13.0. The molecule has 0 aliphatic heterocycles. The van der Waals surface area contributed by atoms with Gasteiger partial charge in [0.2, 0.25) is 11.8 Å². The number of hydrogen-bond acceptors (Lipinski definition) is 5. The van der Waals surface area contributed by atoms with E-state index in [2.05, 4.69) is 27.6 Å². The first kappa shape index (κ1) is 17.7. The van der Waals surface area contributed by atoms with Gasteiger partial charge in [0.05, 0.1) is 11.8 Å². The third-order valence-corrected chi connectivity index (χ3v) is 5.35. The molecule has 138 valence electrons. The molecule has 0 radical (unpaired) electrons. The molecule has 1 aliphatic carbocycles. The number of aromatic nitrogens is 2. The fraction of sp³-hybridized carbons (Fsp3) is 0.250. The van der Waals surface area contributed by atoms with Crippen LogP contribution in [-0.2, 0) is 11.2 Å². The van der Waals surface area contributed by atoms with Crippen molar-refractivity contribution in [1.82, 2.24) is 15.5 Å². The Balaban J connectivity index is 1.34. The number of thioether (sulfide) groups is 1. The van der Waals surface area contributed by atoms with Crippen LogP contribution in [0.15, 0.2) is 58.2 Å². The largest absolute Gasteiger partial charge is 0.411 e. The molecule has 1 N–H and O–H groups in total. The first-order chi connectivity index (χ1) is 13.2. The Hall–Kier alpha value is -2.67. The number of halogens is 1. The van der Waals surface area contributed by atoms with Crippen LogP contribution < -0.4 is 5.32 Å². The van der Waals surface area contributed by atoms with Gasteiger partial charge in [-0.05, 0) is 54.7 Å². The lowest BCUT2D eigenvalue weighted by molar-refractivity contribution is -0.119. The predicted molar refractivity (Wildman–Crippen MR) is 101 cm³/mol. The van der Waals surface area contributed by atoms with E-state index in [-0.39, 0.29) is 23.5 Å². The highest BCUT2D eigenvalue weighted by Crippen LogP contribution is 2.30. The molecule has 27 heavy (non-hydrogen) atoms. The molecule has 0 saturated carbocycles. The zero-order valence-corrected chi connectivity index (χ0v) is 15.3. The zero-order valence-electron chi connectivity index (χ0n) is 14.5. The van der Waals surface area contributed by atoms with Crippen molar-refractivity contribution in [2.24, 2.45) is 0 Å². The normalized spacial score (nSPS) is 16.0. The third-order valence-electron chi connectivity index (χ3n) is 4.53. The number of carbonyl (C=O) groups is 1. The van der Waals surface area contributed by atoms with Gasteiger partial charge in [0.25, 0.3) is 5.22 Å². The summed E-state index contributed by atoms with van der Waals surface area (Å²) in [4.78, 5) is 12.3. The van der Waals surface area contributed by atoms with Gasteiger partial charge >= 0.3 is 0 Å². The molecular weight excluding hydrogens is 365 g/mol. The summed E-state index contributed by atoms with van der Waals surface area (Å²) >= 11 is 1.19. The van der Waals surface area contributed by atoms with Gasteiger partial charge in [0, 0.05) is 5.56 Å². The third kappa shape index (κ3) is 4.19. The van der Waals surface area contributed by atoms with E-state index in [0.717, 1.165) is 19.3 Å². The van der Waals surface area contributed by atoms with Gasteiger partial charge in [-0.2, -0.15) is 0 Å². The highest BCUT2D eigenvalue weighted by atomic mass is 32.2. The molecule has 1 atom stereocenters. The Kier molecular flexibility index (Phi) is 5.20. The van der Waals surface area contributed by atoms with Gasteiger partial charge in [-0.15, -0.1) is 10.2 Å². The molecular formula is C20H18FN3O2S. The van der Waals surface area contributed by atoms with Crippen LogP contribution in [0, 0.1) is 5.82 Å². The molecule has 4 rings (SSSR count). The van der Waals surface area contributed by atoms with Crippen molar-refractivity contribution >= 4 is 17.7 Å². The van der Waals surface area contributed by atoms with Crippen molar-refractivity contribution < 1.29 is 13.6 Å². The Morgan fingerprint density at radius 2 is 2.00 bits per heavy atom. The van der Waals surface area contributed by atoms with Crippen LogP contribution in [0.25, 0.3) is 11.5 Å². The monoisotopic (exact) mass is 383 g/mol. The predicted octanol–water partition coefficient (Wildman–Crippen LogP) is 4.16. The van der Waals surface area contributed by atoms with Crippen molar-refractivity contribution in [3.8, 4) is 11.5 Å². The van der Waals surface area contributed by atoms with Crippen LogP contribution in [0.5, 0.6) is 0 Å². The Morgan fingerprint density at radius 3 is 2.85 bits per heavy atom. The van der Waals surface area contributed by atoms with E-state index >= 15 is 0 Å². The second-order valence-electron chi connectivity index (χ2n) is 6.38. The molecule has 1 aromatic heterocycles. The molecule has 7 heteroatoms. The Bertz CT molecular complexity index is 942. The average Bonchev–Trinajstić information content (AvgIpc) is 3.16. The zero-order chi connectivity index (χ0) is 18.6. The summed E-state index contributed by atoms with van der Waals surface area (Å²) in [5, 5.41) is 11.3. The maximum absolute atomic E-state index is 13.0. The van der Waals surface area contributed by atoms with Crippen LogP contribution in [0.1, 0.15) is 30.0 Å². The number of benzene rings is 2. The molecule has 0 saturated heterocycles. The van der Waals surface area contributed by atoms with Crippen LogP contribution in [-0.4, -0.2) is 21.9 Å². The number of nitrogens with one attached hydrogen (secondary N) is 1. The summed E-state index contributed by atoms with van der Waals surface area (Å²) in [6.07, 6.45) is 3.08. The van der Waals surface area contributed by atoms with E-state index in [4.69, 9.17) is 4.42 Å². The smallest absolute Gasteiger partial charge is 0.277 e. The van der Waals surface area contributed by atoms with Crippen LogP contribution in [0.3, 0.4) is 0 Å². The van der Waals surface area contributed by atoms with E-state index in [1.54, 1.807) is 12.1 Å². The number of nitrogens with zero attached hydrogens (tertiary/aromatic N) is 2. The summed E-state index contributed by atoms with van der Waals surface area (Å²) in [6, 6.07) is 14.1. The van der Waals surface area contributed by atoms with Gasteiger partial charge in [0.1, 0.15) is 5.82 Å². The van der Waals surface area contributed by atoms with E-state index in [1.807, 2.05) is 12.1 Å². The van der Waals surface area contributed by atoms with Crippen molar-refractivity contribution in [2.75, 3.05) is 5.75 Å². The van der Waals surface area contributed by atoms with Crippen LogP contribution in [0.4, 0.5) is 4.39 Å². The fourth-order valence-electron chi connectivity index (χ4n) is 3.24. The lowest BCUT2D eigenvalue weighted by Gasteiger charge is -2.26. The van der Waals surface area contributed by atoms with Gasteiger partial charge in [-0.1, -0.05) is 36.0 Å². The lowest BCUT2D eigenvalue weighted by Crippen LogP contribution is -2.32. The molecule has 0 fully saturated rings. The average molecular weight is 383 g/mol. The Labute approximate surface area is 160 Å². The standard InChI is InChI=1S/C20H18FN3O2S/c21-15-10-8-14(9-11-15)19-23-24-20(26-19)27-12-18(25)22-17-7-3-5-13-4-1-2-6-16(13)17/h1-2,4,6,8-11,17H,3,5,7,12H2,(H,22,25)/t17-/m0/s1. The SMILES string of the molecule is O=C(CSc1nnc(-c2ccc(F)cc2)o1)N[C@H]1CCCc2ccccc21. The number of amides is 1. The minimum absolute atomic E-state index is 0.0560. The molecule has 5 nitrogen and oxygen atoms in total. The summed E-state index contributed by atoms with van der Waals surface area (Å²) in [7, 11) is 0. The maximum Gasteiger partial charge on any atom is 0.277 e. The van der Waals surface area contributed by atoms with E-state index in [1.165, 1.54) is 35.0 Å². The van der Waals surface area contributed by atoms with Gasteiger partial charge in [-0.25, -0.2) is 4.39 Å². The molecule has 3 aromatic rings. The molecule has 1 aliphatic rings. The molecule has 0 spiro atoms. The minimum Gasteiger partial charge on any atom is -0.411 e. The number of rotatable bonds is 5. The first-order valence-electron chi connectivity index (χ1n) is 8.78. The molecule has 2 aromatic carbocycles. The quantitative estimate of drug-likeness (QED) is 0.670. The number of hydrogen-bond donors (Lipinski definition) is 1. The van der Waals surface area contributed by atoms with E-state index < -0.39 is 0 Å². The number of carbonyl (C=O) groups excluding carboxylic acids is 1. The number of aryl methyl sites for hydroxylation is 1. The molecule has 1 amide bonds. The molecule has 1 heterocycles. The van der Waals surface area contributed by atoms with Crippen LogP contribution >= 0.6 is 11.8 Å². The summed E-state index contributed by atoms with van der Waals surface area (Å²) in [5.74, 6) is 0.111. The van der Waals surface area contributed by atoms with Gasteiger partial charge in [0.15, 0.2) is 0 Å². The second kappa shape index (κ2) is 7.92. The highest BCUT2D eigenvalue weighted by molar-refractivity contribution is 7.99. The van der Waals surface area contributed by atoms with Crippen molar-refractivity contribution in [3.63, 3.8) is 0 Å². The van der Waals surface area contributed by atoms with Gasteiger partial charge in [-0.3, -0.25) is 4.79 Å². The summed E-state index contributed by atoms with van der Waals surface area (Å²) < 4.78 is 18.5. The first-order valence-corrected chi connectivity index (χ1v) is 9.77. The Morgan fingerprint density at radius 1 is 1.19 bits per heavy atom. The van der Waals surface area contributed by atoms with Crippen LogP contribution in [0.2, 0.25) is 0 Å². The molecule has 0 bridgehead atoms. The van der Waals surface area contributed by atoms with Gasteiger partial charge < -0.3 is 9.73 Å². The number of fused-ring (bicyclic) bond motifs is 1. The van der Waals surface area contributed by atoms with E-state index in [9.17, 15) is 9.18 Å². The summed E-state index contributed by atoms with van der Waals surface area (Å²) in [5.41, 5.74) is 3.15. The molecule has 0 unspecified atom stereocenters. The van der Waals surface area contributed by atoms with E-state index in [0.29, 0.717) is 16.7 Å². The second-order valence-corrected chi connectivity index (χ2v) is 7.31. The topological polar surface area (TPSA) is 68.0 Å².